The van der Waals surface area contributed by atoms with Gasteiger partial charge in [0.25, 0.3) is 0 Å². The van der Waals surface area contributed by atoms with Crippen LogP contribution in [-0.4, -0.2) is 16.5 Å². The van der Waals surface area contributed by atoms with E-state index < -0.39 is 0 Å². The molecule has 0 aliphatic heterocycles. The molecule has 0 unspecified atom stereocenters. The minimum Gasteiger partial charge on any atom is -0.369 e. The molecule has 0 saturated carbocycles. The van der Waals surface area contributed by atoms with Crippen molar-refractivity contribution in [2.24, 2.45) is 0 Å². The van der Waals surface area contributed by atoms with Crippen LogP contribution in [0.1, 0.15) is 41.6 Å². The van der Waals surface area contributed by atoms with Gasteiger partial charge in [-0.1, -0.05) is 25.1 Å². The van der Waals surface area contributed by atoms with Gasteiger partial charge >= 0.3 is 0 Å². The molecule has 1 N–H and O–H groups in total. The van der Waals surface area contributed by atoms with Gasteiger partial charge in [-0.15, -0.1) is 0 Å². The van der Waals surface area contributed by atoms with Gasteiger partial charge in [-0.25, -0.2) is 9.97 Å². The molecule has 2 rings (SSSR count). The maximum Gasteiger partial charge on any atom is 0.144 e. The Bertz CT molecular complexity index is 638. The fourth-order valence-corrected chi connectivity index (χ4v) is 2.47. The highest BCUT2D eigenvalue weighted by atomic mass is 79.9. The number of hydrogen-bond acceptors (Lipinski definition) is 3. The molecule has 1 aromatic carbocycles. The normalized spacial score (nSPS) is 10.7. The summed E-state index contributed by atoms with van der Waals surface area (Å²) in [7, 11) is 0. The molecule has 21 heavy (non-hydrogen) atoms. The summed E-state index contributed by atoms with van der Waals surface area (Å²) < 4.78 is 0.958. The number of aryl methyl sites for hydroxylation is 3. The van der Waals surface area contributed by atoms with Crippen LogP contribution in [0.3, 0.4) is 0 Å². The zero-order valence-corrected chi connectivity index (χ0v) is 14.7. The van der Waals surface area contributed by atoms with Crippen molar-refractivity contribution in [1.82, 2.24) is 9.97 Å². The van der Waals surface area contributed by atoms with Crippen molar-refractivity contribution in [2.45, 2.75) is 40.5 Å². The average molecular weight is 348 g/mol. The van der Waals surface area contributed by atoms with Crippen molar-refractivity contribution in [3.8, 4) is 0 Å². The zero-order chi connectivity index (χ0) is 15.4. The molecule has 0 saturated heterocycles. The van der Waals surface area contributed by atoms with Crippen LogP contribution in [0.15, 0.2) is 22.7 Å². The Balaban J connectivity index is 2.26. The lowest BCUT2D eigenvalue weighted by Crippen LogP contribution is -2.08. The third-order valence-corrected chi connectivity index (χ3v) is 4.49. The van der Waals surface area contributed by atoms with Crippen LogP contribution in [0.4, 0.5) is 5.82 Å². The van der Waals surface area contributed by atoms with Crippen LogP contribution < -0.4 is 5.32 Å². The summed E-state index contributed by atoms with van der Waals surface area (Å²) >= 11 is 3.56. The van der Waals surface area contributed by atoms with Crippen LogP contribution >= 0.6 is 15.9 Å². The highest BCUT2D eigenvalue weighted by Crippen LogP contribution is 2.24. The van der Waals surface area contributed by atoms with Gasteiger partial charge in [0.2, 0.25) is 0 Å². The van der Waals surface area contributed by atoms with E-state index in [0.29, 0.717) is 0 Å². The molecule has 0 spiro atoms. The summed E-state index contributed by atoms with van der Waals surface area (Å²) in [5.41, 5.74) is 4.85. The van der Waals surface area contributed by atoms with Gasteiger partial charge in [-0.05, 0) is 59.8 Å². The number of nitrogens with zero attached hydrogens (tertiary/aromatic N) is 2. The Morgan fingerprint density at radius 2 is 1.86 bits per heavy atom. The Hall–Kier alpha value is -1.42. The van der Waals surface area contributed by atoms with E-state index >= 15 is 0 Å². The van der Waals surface area contributed by atoms with Crippen LogP contribution in [0.5, 0.6) is 0 Å². The highest BCUT2D eigenvalue weighted by molar-refractivity contribution is 9.10. The second kappa shape index (κ2) is 7.03. The van der Waals surface area contributed by atoms with Crippen molar-refractivity contribution in [3.05, 3.63) is 50.9 Å². The van der Waals surface area contributed by atoms with Gasteiger partial charge in [-0.3, -0.25) is 0 Å². The molecule has 4 heteroatoms. The number of rotatable bonds is 5. The number of nitrogens with one attached hydrogen (secondary N) is 1. The van der Waals surface area contributed by atoms with E-state index in [1.807, 2.05) is 6.92 Å². The first-order chi connectivity index (χ1) is 10.0. The molecule has 0 radical (unpaired) electrons. The quantitative estimate of drug-likeness (QED) is 0.860. The van der Waals surface area contributed by atoms with Crippen molar-refractivity contribution in [3.63, 3.8) is 0 Å². The summed E-state index contributed by atoms with van der Waals surface area (Å²) in [5, 5.41) is 3.35. The fourth-order valence-electron chi connectivity index (χ4n) is 2.15. The molecule has 0 aliphatic rings. The molecule has 0 fully saturated rings. The van der Waals surface area contributed by atoms with Crippen LogP contribution in [0.2, 0.25) is 0 Å². The molecule has 1 aromatic heterocycles. The minimum absolute atomic E-state index is 0.760. The zero-order valence-electron chi connectivity index (χ0n) is 13.1. The molecule has 0 amide bonds. The van der Waals surface area contributed by atoms with Crippen molar-refractivity contribution in [1.29, 1.82) is 0 Å². The first-order valence-electron chi connectivity index (χ1n) is 7.34. The fraction of sp³-hybridized carbons (Fsp3) is 0.412. The molecule has 0 aliphatic carbocycles. The van der Waals surface area contributed by atoms with Gasteiger partial charge in [-0.2, -0.15) is 0 Å². The smallest absolute Gasteiger partial charge is 0.144 e. The standard InChI is InChI=1S/C17H22BrN3/c1-5-8-19-17-16(18)13(4)20-15(21-17)10-14-7-6-11(2)12(3)9-14/h6-7,9H,5,8,10H2,1-4H3,(H,19,20,21). The summed E-state index contributed by atoms with van der Waals surface area (Å²) in [5.74, 6) is 1.75. The van der Waals surface area contributed by atoms with E-state index in [1.54, 1.807) is 0 Å². The first kappa shape index (κ1) is 16.0. The Labute approximate surface area is 135 Å². The monoisotopic (exact) mass is 347 g/mol. The molecule has 0 atom stereocenters. The van der Waals surface area contributed by atoms with Crippen LogP contribution in [0, 0.1) is 20.8 Å². The van der Waals surface area contributed by atoms with Gasteiger partial charge < -0.3 is 5.32 Å². The number of hydrogen-bond donors (Lipinski definition) is 1. The Morgan fingerprint density at radius 3 is 2.52 bits per heavy atom. The predicted molar refractivity (Wildman–Crippen MR) is 92.0 cm³/mol. The van der Waals surface area contributed by atoms with Gasteiger partial charge in [0.05, 0.1) is 10.2 Å². The van der Waals surface area contributed by atoms with Crippen LogP contribution in [0.25, 0.3) is 0 Å². The summed E-state index contributed by atoms with van der Waals surface area (Å²) in [4.78, 5) is 9.24. The number of anilines is 1. The summed E-state index contributed by atoms with van der Waals surface area (Å²) in [6.45, 7) is 9.34. The summed E-state index contributed by atoms with van der Waals surface area (Å²) in [6, 6.07) is 6.53. The lowest BCUT2D eigenvalue weighted by Gasteiger charge is -2.11. The number of aromatic nitrogens is 2. The van der Waals surface area contributed by atoms with Crippen LogP contribution in [-0.2, 0) is 6.42 Å². The first-order valence-corrected chi connectivity index (χ1v) is 8.13. The molecule has 0 bridgehead atoms. The maximum absolute atomic E-state index is 4.65. The van der Waals surface area contributed by atoms with E-state index in [-0.39, 0.29) is 0 Å². The largest absolute Gasteiger partial charge is 0.369 e. The molecular formula is C17H22BrN3. The lowest BCUT2D eigenvalue weighted by atomic mass is 10.0. The topological polar surface area (TPSA) is 37.8 Å². The third kappa shape index (κ3) is 4.03. The van der Waals surface area contributed by atoms with E-state index in [4.69, 9.17) is 0 Å². The molecule has 2 aromatic rings. The van der Waals surface area contributed by atoms with E-state index in [2.05, 4.69) is 70.2 Å². The molecule has 3 nitrogen and oxygen atoms in total. The number of halogens is 1. The Kier molecular flexibility index (Phi) is 5.34. The second-order valence-electron chi connectivity index (χ2n) is 5.41. The lowest BCUT2D eigenvalue weighted by molar-refractivity contribution is 0.909. The molecule has 112 valence electrons. The second-order valence-corrected chi connectivity index (χ2v) is 6.20. The van der Waals surface area contributed by atoms with E-state index in [0.717, 1.165) is 41.2 Å². The van der Waals surface area contributed by atoms with E-state index in [9.17, 15) is 0 Å². The maximum atomic E-state index is 4.65. The highest BCUT2D eigenvalue weighted by Gasteiger charge is 2.10. The van der Waals surface area contributed by atoms with Crippen molar-refractivity contribution < 1.29 is 0 Å². The minimum atomic E-state index is 0.760. The molecule has 1 heterocycles. The number of benzene rings is 1. The predicted octanol–water partition coefficient (Wildman–Crippen LogP) is 4.58. The molecular weight excluding hydrogens is 326 g/mol. The van der Waals surface area contributed by atoms with Gasteiger partial charge in [0, 0.05) is 13.0 Å². The van der Waals surface area contributed by atoms with Gasteiger partial charge in [0.1, 0.15) is 11.6 Å². The third-order valence-electron chi connectivity index (χ3n) is 3.54. The Morgan fingerprint density at radius 1 is 1.10 bits per heavy atom. The summed E-state index contributed by atoms with van der Waals surface area (Å²) in [6.07, 6.45) is 1.83. The van der Waals surface area contributed by atoms with E-state index in [1.165, 1.54) is 16.7 Å². The average Bonchev–Trinajstić information content (AvgIpc) is 2.45. The van der Waals surface area contributed by atoms with Crippen molar-refractivity contribution in [2.75, 3.05) is 11.9 Å². The van der Waals surface area contributed by atoms with Gasteiger partial charge in [0.15, 0.2) is 0 Å². The SMILES string of the molecule is CCCNc1nc(Cc2ccc(C)c(C)c2)nc(C)c1Br. The van der Waals surface area contributed by atoms with Crippen molar-refractivity contribution >= 4 is 21.7 Å².